The summed E-state index contributed by atoms with van der Waals surface area (Å²) in [5, 5.41) is 0. The molecule has 1 aromatic rings. The van der Waals surface area contributed by atoms with Crippen LogP contribution >= 0.6 is 0 Å². The minimum absolute atomic E-state index is 0.254. The summed E-state index contributed by atoms with van der Waals surface area (Å²) in [6, 6.07) is 6.80. The van der Waals surface area contributed by atoms with E-state index in [0.717, 1.165) is 19.1 Å². The predicted octanol–water partition coefficient (Wildman–Crippen LogP) is 1.52. The third-order valence-corrected chi connectivity index (χ3v) is 2.54. The highest BCUT2D eigenvalue weighted by molar-refractivity contribution is 7.82. The van der Waals surface area contributed by atoms with Crippen molar-refractivity contribution in [2.45, 2.75) is 13.3 Å². The van der Waals surface area contributed by atoms with Crippen molar-refractivity contribution in [2.24, 2.45) is 0 Å². The lowest BCUT2D eigenvalue weighted by Crippen LogP contribution is -2.10. The minimum Gasteiger partial charge on any atom is -0.362 e. The van der Waals surface area contributed by atoms with Crippen LogP contribution in [0.1, 0.15) is 12.5 Å². The largest absolute Gasteiger partial charge is 0.448 e. The van der Waals surface area contributed by atoms with Gasteiger partial charge in [-0.2, -0.15) is 8.42 Å². The van der Waals surface area contributed by atoms with E-state index >= 15 is 0 Å². The van der Waals surface area contributed by atoms with E-state index in [1.54, 1.807) is 24.3 Å². The van der Waals surface area contributed by atoms with Crippen LogP contribution in [0.5, 0.6) is 5.75 Å². The van der Waals surface area contributed by atoms with Gasteiger partial charge in [-0.15, -0.1) is 0 Å². The molecule has 0 spiro atoms. The molecule has 0 aliphatic carbocycles. The Labute approximate surface area is 83.8 Å². The van der Waals surface area contributed by atoms with Gasteiger partial charge in [-0.3, -0.25) is 0 Å². The van der Waals surface area contributed by atoms with Crippen molar-refractivity contribution < 1.29 is 16.8 Å². The van der Waals surface area contributed by atoms with Crippen LogP contribution < -0.4 is 4.18 Å². The van der Waals surface area contributed by atoms with Gasteiger partial charge >= 0.3 is 10.4 Å². The molecule has 0 bridgehead atoms. The lowest BCUT2D eigenvalue weighted by Gasteiger charge is -2.04. The SMILES string of the molecule is CCc1ccc(OS(=O)(=O)OC)cc1. The molecule has 0 atom stereocenters. The second kappa shape index (κ2) is 4.43. The third kappa shape index (κ3) is 3.01. The van der Waals surface area contributed by atoms with Crippen LogP contribution in [-0.2, 0) is 21.0 Å². The van der Waals surface area contributed by atoms with Crippen LogP contribution in [0.25, 0.3) is 0 Å². The highest BCUT2D eigenvalue weighted by atomic mass is 32.3. The van der Waals surface area contributed by atoms with Gasteiger partial charge in [-0.1, -0.05) is 19.1 Å². The summed E-state index contributed by atoms with van der Waals surface area (Å²) in [6.45, 7) is 2.02. The number of hydrogen-bond acceptors (Lipinski definition) is 4. The highest BCUT2D eigenvalue weighted by Crippen LogP contribution is 2.14. The molecule has 78 valence electrons. The average Bonchev–Trinajstić information content (AvgIpc) is 2.19. The van der Waals surface area contributed by atoms with Crippen LogP contribution in [0.15, 0.2) is 24.3 Å². The summed E-state index contributed by atoms with van der Waals surface area (Å²) >= 11 is 0. The highest BCUT2D eigenvalue weighted by Gasteiger charge is 2.09. The van der Waals surface area contributed by atoms with E-state index in [9.17, 15) is 8.42 Å². The molecular weight excluding hydrogens is 204 g/mol. The van der Waals surface area contributed by atoms with E-state index in [1.165, 1.54) is 0 Å². The zero-order valence-corrected chi connectivity index (χ0v) is 8.87. The topological polar surface area (TPSA) is 52.6 Å². The molecule has 0 aliphatic rings. The van der Waals surface area contributed by atoms with Crippen LogP contribution in [0.4, 0.5) is 0 Å². The molecule has 0 N–H and O–H groups in total. The number of rotatable bonds is 4. The van der Waals surface area contributed by atoms with E-state index < -0.39 is 10.4 Å². The Morgan fingerprint density at radius 2 is 1.79 bits per heavy atom. The molecule has 0 amide bonds. The molecule has 0 saturated heterocycles. The molecule has 1 aromatic carbocycles. The Balaban J connectivity index is 2.79. The van der Waals surface area contributed by atoms with Gasteiger partial charge < -0.3 is 4.18 Å². The summed E-state index contributed by atoms with van der Waals surface area (Å²) in [7, 11) is -2.84. The van der Waals surface area contributed by atoms with Crippen molar-refractivity contribution in [3.8, 4) is 5.75 Å². The first-order chi connectivity index (χ1) is 6.57. The normalized spacial score (nSPS) is 11.3. The van der Waals surface area contributed by atoms with Crippen molar-refractivity contribution in [2.75, 3.05) is 7.11 Å². The first kappa shape index (κ1) is 11.0. The van der Waals surface area contributed by atoms with Gasteiger partial charge in [0.05, 0.1) is 7.11 Å². The van der Waals surface area contributed by atoms with Crippen molar-refractivity contribution in [1.29, 1.82) is 0 Å². The number of hydrogen-bond donors (Lipinski definition) is 0. The molecule has 0 fully saturated rings. The van der Waals surface area contributed by atoms with Crippen LogP contribution in [0, 0.1) is 0 Å². The zero-order chi connectivity index (χ0) is 10.6. The van der Waals surface area contributed by atoms with Crippen molar-refractivity contribution in [3.63, 3.8) is 0 Å². The second-order valence-electron chi connectivity index (χ2n) is 2.66. The summed E-state index contributed by atoms with van der Waals surface area (Å²) in [5.41, 5.74) is 1.12. The maximum absolute atomic E-state index is 10.9. The maximum Gasteiger partial charge on any atom is 0.448 e. The molecular formula is C9H12O4S. The van der Waals surface area contributed by atoms with E-state index in [1.807, 2.05) is 6.92 Å². The maximum atomic E-state index is 10.9. The summed E-state index contributed by atoms with van der Waals surface area (Å²) in [6.07, 6.45) is 0.900. The Kier molecular flexibility index (Phi) is 3.49. The van der Waals surface area contributed by atoms with Gasteiger partial charge in [-0.05, 0) is 24.1 Å². The molecule has 0 heterocycles. The predicted molar refractivity (Wildman–Crippen MR) is 52.4 cm³/mol. The monoisotopic (exact) mass is 216 g/mol. The van der Waals surface area contributed by atoms with Crippen molar-refractivity contribution >= 4 is 10.4 Å². The third-order valence-electron chi connectivity index (χ3n) is 1.73. The molecule has 0 unspecified atom stereocenters. The van der Waals surface area contributed by atoms with E-state index in [2.05, 4.69) is 8.37 Å². The fourth-order valence-electron chi connectivity index (χ4n) is 0.933. The van der Waals surface area contributed by atoms with Crippen LogP contribution in [0.3, 0.4) is 0 Å². The second-order valence-corrected chi connectivity index (χ2v) is 3.97. The quantitative estimate of drug-likeness (QED) is 0.765. The Morgan fingerprint density at radius 1 is 1.21 bits per heavy atom. The number of benzene rings is 1. The van der Waals surface area contributed by atoms with Crippen molar-refractivity contribution in [3.05, 3.63) is 29.8 Å². The van der Waals surface area contributed by atoms with Gasteiger partial charge in [0.15, 0.2) is 0 Å². The lowest BCUT2D eigenvalue weighted by molar-refractivity contribution is 0.330. The molecule has 1 rings (SSSR count). The molecule has 0 radical (unpaired) electrons. The Bertz CT molecular complexity index is 380. The van der Waals surface area contributed by atoms with E-state index in [-0.39, 0.29) is 5.75 Å². The Morgan fingerprint density at radius 3 is 2.21 bits per heavy atom. The fourth-order valence-corrected chi connectivity index (χ4v) is 1.35. The molecule has 14 heavy (non-hydrogen) atoms. The first-order valence-electron chi connectivity index (χ1n) is 4.16. The minimum atomic E-state index is -3.89. The molecule has 0 saturated carbocycles. The molecule has 5 heteroatoms. The van der Waals surface area contributed by atoms with Crippen LogP contribution in [0.2, 0.25) is 0 Å². The average molecular weight is 216 g/mol. The van der Waals surface area contributed by atoms with Crippen molar-refractivity contribution in [1.82, 2.24) is 0 Å². The van der Waals surface area contributed by atoms with Gasteiger partial charge in [0, 0.05) is 0 Å². The first-order valence-corrected chi connectivity index (χ1v) is 5.49. The van der Waals surface area contributed by atoms with Gasteiger partial charge in [0.2, 0.25) is 0 Å². The summed E-state index contributed by atoms with van der Waals surface area (Å²) in [5.74, 6) is 0.254. The zero-order valence-electron chi connectivity index (χ0n) is 8.06. The van der Waals surface area contributed by atoms with Gasteiger partial charge in [0.1, 0.15) is 5.75 Å². The lowest BCUT2D eigenvalue weighted by atomic mass is 10.2. The Hall–Kier alpha value is -1.07. The molecule has 0 aromatic heterocycles. The van der Waals surface area contributed by atoms with Crippen LogP contribution in [-0.4, -0.2) is 15.5 Å². The van der Waals surface area contributed by atoms with E-state index in [4.69, 9.17) is 0 Å². The summed E-state index contributed by atoms with van der Waals surface area (Å²) in [4.78, 5) is 0. The van der Waals surface area contributed by atoms with E-state index in [0.29, 0.717) is 0 Å². The van der Waals surface area contributed by atoms with Gasteiger partial charge in [0.25, 0.3) is 0 Å². The summed E-state index contributed by atoms with van der Waals surface area (Å²) < 4.78 is 30.5. The smallest absolute Gasteiger partial charge is 0.362 e. The standard InChI is InChI=1S/C9H12O4S/c1-3-8-4-6-9(7-5-8)13-14(10,11)12-2/h4-7H,3H2,1-2H3. The number of aryl methyl sites for hydroxylation is 1. The fraction of sp³-hybridized carbons (Fsp3) is 0.333. The molecule has 4 nitrogen and oxygen atoms in total. The molecule has 0 aliphatic heterocycles. The van der Waals surface area contributed by atoms with Gasteiger partial charge in [-0.25, -0.2) is 4.18 Å².